The highest BCUT2D eigenvalue weighted by Crippen LogP contribution is 2.27. The molecule has 0 saturated heterocycles. The maximum atomic E-state index is 12.3. The summed E-state index contributed by atoms with van der Waals surface area (Å²) in [6.45, 7) is 3.93. The summed E-state index contributed by atoms with van der Waals surface area (Å²) in [6, 6.07) is 1.86. The monoisotopic (exact) mass is 361 g/mol. The van der Waals surface area contributed by atoms with Crippen molar-refractivity contribution in [3.8, 4) is 5.75 Å². The Morgan fingerprint density at radius 1 is 1.28 bits per heavy atom. The lowest BCUT2D eigenvalue weighted by Crippen LogP contribution is -2.46. The number of nitrogens with zero attached hydrogens (tertiary/aromatic N) is 1. The van der Waals surface area contributed by atoms with Gasteiger partial charge in [-0.05, 0) is 44.5 Å². The first kappa shape index (κ1) is 20.8. The molecule has 0 aromatic heterocycles. The predicted octanol–water partition coefficient (Wildman–Crippen LogP) is 2.26. The largest absolute Gasteiger partial charge is 0.484 e. The lowest BCUT2D eigenvalue weighted by molar-refractivity contribution is -0.153. The zero-order valence-electron chi connectivity index (χ0n) is 14.5. The average molecular weight is 361 g/mol. The molecule has 0 aliphatic carbocycles. The van der Waals surface area contributed by atoms with Crippen LogP contribution in [0.4, 0.5) is 18.0 Å². The van der Waals surface area contributed by atoms with Gasteiger partial charge in [0, 0.05) is 6.54 Å². The van der Waals surface area contributed by atoms with E-state index in [1.165, 1.54) is 0 Å². The second kappa shape index (κ2) is 8.19. The van der Waals surface area contributed by atoms with Crippen molar-refractivity contribution in [2.75, 3.05) is 13.7 Å². The molecule has 3 amide bonds. The van der Waals surface area contributed by atoms with Crippen molar-refractivity contribution in [2.24, 2.45) is 5.73 Å². The number of aryl methyl sites for hydroxylation is 2. The second-order valence-corrected chi connectivity index (χ2v) is 5.91. The van der Waals surface area contributed by atoms with Crippen LogP contribution in [0, 0.1) is 13.8 Å². The topological polar surface area (TPSA) is 84.7 Å². The van der Waals surface area contributed by atoms with Crippen molar-refractivity contribution in [2.45, 2.75) is 39.5 Å². The molecule has 140 valence electrons. The van der Waals surface area contributed by atoms with Crippen LogP contribution in [-0.4, -0.2) is 42.7 Å². The Bertz CT molecular complexity index is 624. The molecule has 6 nitrogen and oxygen atoms in total. The standard InChI is InChI=1S/C16H22F3N3O3/c1-9-5-12(6-10(2)13(9)25-8-16(17,18)19)7-22(4)11(3)14(23)21-15(20)24/h5-6,11H,7-8H2,1-4H3,(H3,20,21,23,24)/t11-/m0/s1. The van der Waals surface area contributed by atoms with Crippen LogP contribution in [0.5, 0.6) is 5.75 Å². The number of hydrogen-bond acceptors (Lipinski definition) is 4. The third kappa shape index (κ3) is 6.61. The number of amides is 3. The molecular formula is C16H22F3N3O3. The van der Waals surface area contributed by atoms with Crippen molar-refractivity contribution in [1.29, 1.82) is 0 Å². The van der Waals surface area contributed by atoms with Gasteiger partial charge >= 0.3 is 12.2 Å². The first-order valence-corrected chi connectivity index (χ1v) is 7.51. The molecule has 0 radical (unpaired) electrons. The van der Waals surface area contributed by atoms with Gasteiger partial charge in [-0.1, -0.05) is 12.1 Å². The molecule has 1 aromatic carbocycles. The Morgan fingerprint density at radius 3 is 2.24 bits per heavy atom. The van der Waals surface area contributed by atoms with Crippen LogP contribution in [0.3, 0.4) is 0 Å². The van der Waals surface area contributed by atoms with Crippen LogP contribution in [-0.2, 0) is 11.3 Å². The van der Waals surface area contributed by atoms with Gasteiger partial charge in [-0.15, -0.1) is 0 Å². The second-order valence-electron chi connectivity index (χ2n) is 5.91. The van der Waals surface area contributed by atoms with Crippen LogP contribution >= 0.6 is 0 Å². The van der Waals surface area contributed by atoms with Gasteiger partial charge in [-0.3, -0.25) is 15.0 Å². The summed E-state index contributed by atoms with van der Waals surface area (Å²) in [7, 11) is 1.68. The number of halogens is 3. The Morgan fingerprint density at radius 2 is 1.80 bits per heavy atom. The fraction of sp³-hybridized carbons (Fsp3) is 0.500. The Hall–Kier alpha value is -2.29. The van der Waals surface area contributed by atoms with Gasteiger partial charge in [-0.25, -0.2) is 4.79 Å². The van der Waals surface area contributed by atoms with Gasteiger partial charge in [0.25, 0.3) is 0 Å². The van der Waals surface area contributed by atoms with E-state index in [9.17, 15) is 22.8 Å². The van der Waals surface area contributed by atoms with Crippen LogP contribution in [0.15, 0.2) is 12.1 Å². The minimum absolute atomic E-state index is 0.197. The Balaban J connectivity index is 2.83. The number of ether oxygens (including phenoxy) is 1. The van der Waals surface area contributed by atoms with E-state index in [4.69, 9.17) is 10.5 Å². The molecular weight excluding hydrogens is 339 g/mol. The Labute approximate surface area is 144 Å². The van der Waals surface area contributed by atoms with Crippen molar-refractivity contribution in [1.82, 2.24) is 10.2 Å². The quantitative estimate of drug-likeness (QED) is 0.814. The molecule has 1 rings (SSSR count). The highest BCUT2D eigenvalue weighted by atomic mass is 19.4. The number of carbonyl (C=O) groups excluding carboxylic acids is 2. The number of hydrogen-bond donors (Lipinski definition) is 2. The smallest absolute Gasteiger partial charge is 0.422 e. The molecule has 0 aliphatic rings. The molecule has 0 aliphatic heterocycles. The lowest BCUT2D eigenvalue weighted by Gasteiger charge is -2.24. The number of primary amides is 1. The van der Waals surface area contributed by atoms with E-state index in [-0.39, 0.29) is 5.75 Å². The van der Waals surface area contributed by atoms with E-state index in [0.717, 1.165) is 5.56 Å². The van der Waals surface area contributed by atoms with Gasteiger partial charge in [0.1, 0.15) is 5.75 Å². The molecule has 1 atom stereocenters. The maximum absolute atomic E-state index is 12.3. The molecule has 1 aromatic rings. The van der Waals surface area contributed by atoms with Crippen molar-refractivity contribution in [3.63, 3.8) is 0 Å². The third-order valence-corrected chi connectivity index (χ3v) is 3.62. The molecule has 0 unspecified atom stereocenters. The Kier molecular flexibility index (Phi) is 6.80. The minimum Gasteiger partial charge on any atom is -0.484 e. The van der Waals surface area contributed by atoms with E-state index in [1.54, 1.807) is 44.9 Å². The number of likely N-dealkylation sites (N-methyl/N-ethyl adjacent to an activating group) is 1. The summed E-state index contributed by atoms with van der Waals surface area (Å²) in [5.74, 6) is -0.336. The minimum atomic E-state index is -4.40. The summed E-state index contributed by atoms with van der Waals surface area (Å²) < 4.78 is 41.8. The molecule has 0 bridgehead atoms. The fourth-order valence-electron chi connectivity index (χ4n) is 2.36. The zero-order valence-corrected chi connectivity index (χ0v) is 14.5. The van der Waals surface area contributed by atoms with Gasteiger partial charge in [-0.2, -0.15) is 13.2 Å². The maximum Gasteiger partial charge on any atom is 0.422 e. The molecule has 25 heavy (non-hydrogen) atoms. The van der Waals surface area contributed by atoms with Crippen LogP contribution in [0.2, 0.25) is 0 Å². The number of carbonyl (C=O) groups is 2. The zero-order chi connectivity index (χ0) is 19.4. The number of nitrogens with one attached hydrogen (secondary N) is 1. The molecule has 0 heterocycles. The first-order chi connectivity index (χ1) is 11.4. The number of rotatable bonds is 6. The third-order valence-electron chi connectivity index (χ3n) is 3.62. The number of imide groups is 1. The SMILES string of the molecule is Cc1cc(CN(C)[C@@H](C)C(=O)NC(N)=O)cc(C)c1OCC(F)(F)F. The van der Waals surface area contributed by atoms with Crippen molar-refractivity contribution >= 4 is 11.9 Å². The average Bonchev–Trinajstić information content (AvgIpc) is 2.43. The number of nitrogens with two attached hydrogens (primary N) is 1. The van der Waals surface area contributed by atoms with Gasteiger partial charge < -0.3 is 10.5 Å². The summed E-state index contributed by atoms with van der Waals surface area (Å²) in [4.78, 5) is 24.2. The summed E-state index contributed by atoms with van der Waals surface area (Å²) >= 11 is 0. The van der Waals surface area contributed by atoms with Crippen LogP contribution < -0.4 is 15.8 Å². The highest BCUT2D eigenvalue weighted by Gasteiger charge is 2.29. The fourth-order valence-corrected chi connectivity index (χ4v) is 2.36. The van der Waals surface area contributed by atoms with Crippen molar-refractivity contribution < 1.29 is 27.5 Å². The number of urea groups is 1. The van der Waals surface area contributed by atoms with Gasteiger partial charge in [0.05, 0.1) is 6.04 Å². The predicted molar refractivity (Wildman–Crippen MR) is 86.1 cm³/mol. The van der Waals surface area contributed by atoms with Crippen molar-refractivity contribution in [3.05, 3.63) is 28.8 Å². The lowest BCUT2D eigenvalue weighted by atomic mass is 10.0. The molecule has 3 N–H and O–H groups in total. The summed E-state index contributed by atoms with van der Waals surface area (Å²) in [5.41, 5.74) is 6.86. The van der Waals surface area contributed by atoms with E-state index in [1.807, 2.05) is 5.32 Å². The first-order valence-electron chi connectivity index (χ1n) is 7.51. The molecule has 0 spiro atoms. The van der Waals surface area contributed by atoms with Crippen LogP contribution in [0.25, 0.3) is 0 Å². The van der Waals surface area contributed by atoms with E-state index >= 15 is 0 Å². The summed E-state index contributed by atoms with van der Waals surface area (Å²) in [5, 5.41) is 2.00. The van der Waals surface area contributed by atoms with E-state index in [0.29, 0.717) is 17.7 Å². The summed E-state index contributed by atoms with van der Waals surface area (Å²) in [6.07, 6.45) is -4.40. The number of benzene rings is 1. The number of alkyl halides is 3. The normalized spacial score (nSPS) is 12.8. The van der Waals surface area contributed by atoms with Gasteiger partial charge in [0.2, 0.25) is 5.91 Å². The molecule has 9 heteroatoms. The van der Waals surface area contributed by atoms with E-state index in [2.05, 4.69) is 0 Å². The molecule has 0 fully saturated rings. The highest BCUT2D eigenvalue weighted by molar-refractivity contribution is 5.96. The van der Waals surface area contributed by atoms with Gasteiger partial charge in [0.15, 0.2) is 6.61 Å². The van der Waals surface area contributed by atoms with E-state index < -0.39 is 30.8 Å². The molecule has 0 saturated carbocycles. The van der Waals surface area contributed by atoms with Crippen LogP contribution in [0.1, 0.15) is 23.6 Å².